The van der Waals surface area contributed by atoms with E-state index in [0.29, 0.717) is 30.0 Å². The van der Waals surface area contributed by atoms with Crippen molar-refractivity contribution in [2.24, 2.45) is 0 Å². The molecule has 7 rings (SSSR count). The highest BCUT2D eigenvalue weighted by Gasteiger charge is 2.17. The summed E-state index contributed by atoms with van der Waals surface area (Å²) in [6.07, 6.45) is 6.23. The largest absolute Gasteiger partial charge is 0.335 e. The predicted octanol–water partition coefficient (Wildman–Crippen LogP) is 5.11. The first-order chi connectivity index (χ1) is 17.2. The normalized spacial score (nSPS) is 13.2. The van der Waals surface area contributed by atoms with Crippen LogP contribution in [0.4, 0.5) is 5.69 Å². The molecule has 2 aromatic carbocycles. The molecule has 6 aromatic rings. The van der Waals surface area contributed by atoms with E-state index in [1.807, 2.05) is 36.4 Å². The second-order valence-electron chi connectivity index (χ2n) is 8.69. The summed E-state index contributed by atoms with van der Waals surface area (Å²) in [6, 6.07) is 18.2. The number of benzene rings is 2. The fraction of sp³-hybridized carbons (Fsp3) is 0.0741. The van der Waals surface area contributed by atoms with Gasteiger partial charge in [-0.1, -0.05) is 30.3 Å². The second kappa shape index (κ2) is 7.59. The molecule has 3 N–H and O–H groups in total. The fourth-order valence-corrected chi connectivity index (χ4v) is 4.68. The van der Waals surface area contributed by atoms with Crippen LogP contribution in [0.25, 0.3) is 55.8 Å². The summed E-state index contributed by atoms with van der Waals surface area (Å²) in [5.74, 6) is 0.604. The fourth-order valence-electron chi connectivity index (χ4n) is 4.68. The van der Waals surface area contributed by atoms with Gasteiger partial charge in [0.2, 0.25) is 5.91 Å². The van der Waals surface area contributed by atoms with E-state index in [9.17, 15) is 4.79 Å². The molecular weight excluding hydrogens is 438 g/mol. The molecule has 168 valence electrons. The highest BCUT2D eigenvalue weighted by atomic mass is 16.1. The zero-order chi connectivity index (χ0) is 23.4. The molecule has 8 heteroatoms. The van der Waals surface area contributed by atoms with Crippen LogP contribution < -0.4 is 5.32 Å². The molecule has 0 radical (unpaired) electrons. The Hall–Kier alpha value is -4.85. The number of aryl methyl sites for hydroxylation is 1. The summed E-state index contributed by atoms with van der Waals surface area (Å²) in [6.45, 7) is 0. The van der Waals surface area contributed by atoms with Crippen molar-refractivity contribution < 1.29 is 4.79 Å². The summed E-state index contributed by atoms with van der Waals surface area (Å²) >= 11 is 0. The third-order valence-electron chi connectivity index (χ3n) is 6.41. The number of fused-ring (bicyclic) bond motifs is 9. The minimum atomic E-state index is -0.0486. The van der Waals surface area contributed by atoms with Gasteiger partial charge in [0.05, 0.1) is 22.9 Å². The molecule has 35 heavy (non-hydrogen) atoms. The van der Waals surface area contributed by atoms with Gasteiger partial charge in [0.15, 0.2) is 11.5 Å². The Morgan fingerprint density at radius 2 is 1.86 bits per heavy atom. The minimum absolute atomic E-state index is 0.0486. The predicted molar refractivity (Wildman–Crippen MR) is 135 cm³/mol. The quantitative estimate of drug-likeness (QED) is 0.293. The zero-order valence-electron chi connectivity index (χ0n) is 18.5. The summed E-state index contributed by atoms with van der Waals surface area (Å²) < 4.78 is 0. The van der Waals surface area contributed by atoms with Gasteiger partial charge in [0, 0.05) is 35.3 Å². The maximum Gasteiger partial charge on any atom is 0.224 e. The molecule has 5 heterocycles. The van der Waals surface area contributed by atoms with Crippen LogP contribution in [0.15, 0.2) is 73.2 Å². The van der Waals surface area contributed by atoms with Gasteiger partial charge in [-0.15, -0.1) is 0 Å². The number of imidazole rings is 1. The van der Waals surface area contributed by atoms with Crippen LogP contribution in [0, 0.1) is 0 Å². The van der Waals surface area contributed by atoms with E-state index in [1.165, 1.54) is 0 Å². The van der Waals surface area contributed by atoms with E-state index in [1.54, 1.807) is 18.6 Å². The molecular formula is C27H19N7O. The number of pyridine rings is 2. The Morgan fingerprint density at radius 3 is 2.83 bits per heavy atom. The monoisotopic (exact) mass is 457 g/mol. The van der Waals surface area contributed by atoms with Crippen molar-refractivity contribution in [3.63, 3.8) is 0 Å². The Kier molecular flexibility index (Phi) is 4.25. The number of nitrogens with one attached hydrogen (secondary N) is 3. The van der Waals surface area contributed by atoms with Crippen LogP contribution in [0.3, 0.4) is 0 Å². The van der Waals surface area contributed by atoms with E-state index < -0.39 is 0 Å². The van der Waals surface area contributed by atoms with Crippen molar-refractivity contribution in [2.75, 3.05) is 5.32 Å². The lowest BCUT2D eigenvalue weighted by molar-refractivity contribution is -0.116. The van der Waals surface area contributed by atoms with Gasteiger partial charge in [-0.05, 0) is 47.4 Å². The topological polar surface area (TPSA) is 112 Å². The van der Waals surface area contributed by atoms with Crippen LogP contribution >= 0.6 is 0 Å². The third-order valence-corrected chi connectivity index (χ3v) is 6.41. The van der Waals surface area contributed by atoms with E-state index >= 15 is 0 Å². The van der Waals surface area contributed by atoms with E-state index in [4.69, 9.17) is 4.98 Å². The molecule has 0 unspecified atom stereocenters. The van der Waals surface area contributed by atoms with Crippen molar-refractivity contribution in [1.82, 2.24) is 30.1 Å². The summed E-state index contributed by atoms with van der Waals surface area (Å²) in [4.78, 5) is 29.8. The number of amides is 1. The first-order valence-corrected chi connectivity index (χ1v) is 11.4. The lowest BCUT2D eigenvalue weighted by Crippen LogP contribution is -2.12. The average molecular weight is 457 g/mol. The zero-order valence-corrected chi connectivity index (χ0v) is 18.5. The average Bonchev–Trinajstić information content (AvgIpc) is 3.51. The molecule has 0 atom stereocenters. The number of hydrogen-bond donors (Lipinski definition) is 3. The standard InChI is InChI=1S/C27H19N7O/c35-23-7-4-15-2-1-3-17(10-15)20-8-9-29-26-24(20)31-27(32-26)25-21-12-16(5-6-22(21)33-34-25)18-11-19(30-23)14-28-13-18/h1-3,5-6,8-14H,4,7H2,(H,30,35)(H,33,34)(H,29,31,32). The van der Waals surface area contributed by atoms with Crippen LogP contribution in [0.2, 0.25) is 0 Å². The Balaban J connectivity index is 1.48. The lowest BCUT2D eigenvalue weighted by Gasteiger charge is -2.09. The summed E-state index contributed by atoms with van der Waals surface area (Å²) in [5, 5.41) is 11.6. The number of aromatic nitrogens is 6. The Morgan fingerprint density at radius 1 is 0.886 bits per heavy atom. The SMILES string of the molecule is O=C1CCc2cccc(c2)-c2ccnc3nc([nH]c23)-c2n[nH]c3ccc(cc23)-c2cncc(c2)N1. The number of carbonyl (C=O) groups is 1. The molecule has 0 saturated carbocycles. The third kappa shape index (κ3) is 3.34. The molecule has 1 amide bonds. The van der Waals surface area contributed by atoms with Crippen molar-refractivity contribution in [1.29, 1.82) is 0 Å². The molecule has 1 aliphatic rings. The first-order valence-electron chi connectivity index (χ1n) is 11.4. The highest BCUT2D eigenvalue weighted by Crippen LogP contribution is 2.33. The molecule has 0 saturated heterocycles. The molecule has 8 bridgehead atoms. The van der Waals surface area contributed by atoms with Gasteiger partial charge >= 0.3 is 0 Å². The summed E-state index contributed by atoms with van der Waals surface area (Å²) in [7, 11) is 0. The molecule has 0 aliphatic carbocycles. The van der Waals surface area contributed by atoms with Gasteiger partial charge in [0.1, 0.15) is 5.69 Å². The van der Waals surface area contributed by atoms with Crippen LogP contribution in [0.1, 0.15) is 12.0 Å². The lowest BCUT2D eigenvalue weighted by atomic mass is 10.0. The maximum atomic E-state index is 12.7. The van der Waals surface area contributed by atoms with Crippen molar-refractivity contribution in [3.05, 3.63) is 78.8 Å². The highest BCUT2D eigenvalue weighted by molar-refractivity contribution is 5.98. The maximum absolute atomic E-state index is 12.7. The number of hydrogen-bond acceptors (Lipinski definition) is 5. The number of nitrogens with zero attached hydrogens (tertiary/aromatic N) is 4. The van der Waals surface area contributed by atoms with Crippen molar-refractivity contribution in [2.45, 2.75) is 12.8 Å². The van der Waals surface area contributed by atoms with Crippen LogP contribution in [-0.2, 0) is 11.2 Å². The molecule has 0 fully saturated rings. The minimum Gasteiger partial charge on any atom is -0.335 e. The van der Waals surface area contributed by atoms with E-state index in [0.717, 1.165) is 49.9 Å². The smallest absolute Gasteiger partial charge is 0.224 e. The van der Waals surface area contributed by atoms with Gasteiger partial charge in [-0.2, -0.15) is 5.10 Å². The molecule has 8 nitrogen and oxygen atoms in total. The number of anilines is 1. The number of aromatic amines is 2. The number of rotatable bonds is 0. The van der Waals surface area contributed by atoms with Gasteiger partial charge in [-0.3, -0.25) is 14.9 Å². The summed E-state index contributed by atoms with van der Waals surface area (Å²) in [5.41, 5.74) is 8.76. The Bertz CT molecular complexity index is 1760. The van der Waals surface area contributed by atoms with E-state index in [-0.39, 0.29) is 5.91 Å². The van der Waals surface area contributed by atoms with Gasteiger partial charge in [-0.25, -0.2) is 9.97 Å². The molecule has 4 aromatic heterocycles. The first kappa shape index (κ1) is 19.6. The van der Waals surface area contributed by atoms with Crippen LogP contribution in [-0.4, -0.2) is 36.0 Å². The van der Waals surface area contributed by atoms with Gasteiger partial charge in [0.25, 0.3) is 0 Å². The van der Waals surface area contributed by atoms with Crippen molar-refractivity contribution >= 4 is 33.7 Å². The van der Waals surface area contributed by atoms with Crippen LogP contribution in [0.5, 0.6) is 0 Å². The number of carbonyl (C=O) groups excluding carboxylic acids is 1. The number of H-pyrrole nitrogens is 2. The second-order valence-corrected chi connectivity index (χ2v) is 8.69. The van der Waals surface area contributed by atoms with Gasteiger partial charge < -0.3 is 10.3 Å². The Labute approximate surface area is 199 Å². The molecule has 0 spiro atoms. The van der Waals surface area contributed by atoms with E-state index in [2.05, 4.69) is 48.7 Å². The van der Waals surface area contributed by atoms with Crippen molar-refractivity contribution in [3.8, 4) is 33.8 Å². The molecule has 1 aliphatic heterocycles.